The van der Waals surface area contributed by atoms with Crippen LogP contribution in [0.1, 0.15) is 118 Å². The van der Waals surface area contributed by atoms with Gasteiger partial charge in [0.1, 0.15) is 5.82 Å². The lowest BCUT2D eigenvalue weighted by atomic mass is 9.94. The summed E-state index contributed by atoms with van der Waals surface area (Å²) < 4.78 is 0. The van der Waals surface area contributed by atoms with E-state index in [0.717, 1.165) is 22.9 Å². The molecular formula is C36H47N3. The van der Waals surface area contributed by atoms with Gasteiger partial charge in [-0.3, -0.25) is 4.90 Å². The average Bonchev–Trinajstić information content (AvgIpc) is 3.29. The third-order valence-electron chi connectivity index (χ3n) is 7.76. The predicted octanol–water partition coefficient (Wildman–Crippen LogP) is 10.3. The van der Waals surface area contributed by atoms with Crippen LogP contribution in [0.25, 0.3) is 0 Å². The van der Waals surface area contributed by atoms with Crippen LogP contribution in [0.4, 0.5) is 17.1 Å². The summed E-state index contributed by atoms with van der Waals surface area (Å²) in [6, 6.07) is 18.5. The quantitative estimate of drug-likeness (QED) is 0.318. The van der Waals surface area contributed by atoms with Crippen LogP contribution in [0.2, 0.25) is 0 Å². The highest BCUT2D eigenvalue weighted by molar-refractivity contribution is 5.72. The van der Waals surface area contributed by atoms with Gasteiger partial charge in [0.25, 0.3) is 0 Å². The molecule has 0 saturated carbocycles. The first-order chi connectivity index (χ1) is 18.3. The summed E-state index contributed by atoms with van der Waals surface area (Å²) in [4.78, 5) is 4.36. The van der Waals surface area contributed by atoms with Crippen molar-refractivity contribution >= 4 is 17.1 Å². The Bertz CT molecular complexity index is 1280. The van der Waals surface area contributed by atoms with Crippen molar-refractivity contribution in [2.75, 3.05) is 15.1 Å². The second-order valence-electron chi connectivity index (χ2n) is 12.6. The molecule has 3 aromatic rings. The molecule has 2 radical (unpaired) electrons. The van der Waals surface area contributed by atoms with Crippen LogP contribution in [0.5, 0.6) is 0 Å². The molecule has 39 heavy (non-hydrogen) atoms. The smallest absolute Gasteiger partial charge is 0.219 e. The summed E-state index contributed by atoms with van der Waals surface area (Å²) in [5.74, 6) is 2.80. The minimum atomic E-state index is 0.444. The van der Waals surface area contributed by atoms with E-state index in [9.17, 15) is 0 Å². The molecule has 4 rings (SSSR count). The van der Waals surface area contributed by atoms with Gasteiger partial charge in [0.2, 0.25) is 6.67 Å². The first kappa shape index (κ1) is 28.8. The van der Waals surface area contributed by atoms with Gasteiger partial charge < -0.3 is 10.2 Å². The van der Waals surface area contributed by atoms with E-state index in [0.29, 0.717) is 23.7 Å². The van der Waals surface area contributed by atoms with E-state index in [1.54, 1.807) is 0 Å². The summed E-state index contributed by atoms with van der Waals surface area (Å²) in [5.41, 5.74) is 12.6. The van der Waals surface area contributed by atoms with Crippen molar-refractivity contribution in [1.82, 2.24) is 0 Å². The number of rotatable bonds is 8. The van der Waals surface area contributed by atoms with E-state index >= 15 is 0 Å². The molecule has 3 heteroatoms. The van der Waals surface area contributed by atoms with Crippen LogP contribution in [-0.4, -0.2) is 0 Å². The zero-order chi connectivity index (χ0) is 28.6. The summed E-state index contributed by atoms with van der Waals surface area (Å²) in [6.45, 7) is 28.4. The van der Waals surface area contributed by atoms with Crippen LogP contribution < -0.4 is 15.1 Å². The Hall–Kier alpha value is -3.20. The Morgan fingerprint density at radius 1 is 0.564 bits per heavy atom. The van der Waals surface area contributed by atoms with Crippen molar-refractivity contribution < 1.29 is 0 Å². The van der Waals surface area contributed by atoms with Crippen molar-refractivity contribution in [3.63, 3.8) is 0 Å². The molecule has 0 aromatic heterocycles. The Kier molecular flexibility index (Phi) is 8.49. The van der Waals surface area contributed by atoms with Crippen molar-refractivity contribution in [2.24, 2.45) is 0 Å². The number of hydrogen-bond donors (Lipinski definition) is 1. The summed E-state index contributed by atoms with van der Waals surface area (Å²) in [5, 5.41) is 3.81. The van der Waals surface area contributed by atoms with Crippen molar-refractivity contribution in [3.05, 3.63) is 106 Å². The number of nitrogens with one attached hydrogen (secondary N) is 1. The predicted molar refractivity (Wildman–Crippen MR) is 170 cm³/mol. The van der Waals surface area contributed by atoms with E-state index < -0.39 is 0 Å². The number of nitrogens with zero attached hydrogens (tertiary/aromatic N) is 2. The highest BCUT2D eigenvalue weighted by Gasteiger charge is 2.28. The second-order valence-corrected chi connectivity index (χ2v) is 12.6. The highest BCUT2D eigenvalue weighted by atomic mass is 15.4. The number of hydrogen-bond acceptors (Lipinski definition) is 3. The van der Waals surface area contributed by atoms with Crippen LogP contribution in [0.15, 0.2) is 60.6 Å². The van der Waals surface area contributed by atoms with Gasteiger partial charge in [-0.1, -0.05) is 85.2 Å². The van der Waals surface area contributed by atoms with E-state index in [4.69, 9.17) is 0 Å². The normalized spacial score (nSPS) is 13.9. The highest BCUT2D eigenvalue weighted by Crippen LogP contribution is 2.38. The first-order valence-electron chi connectivity index (χ1n) is 14.6. The topological polar surface area (TPSA) is 18.5 Å². The lowest BCUT2D eigenvalue weighted by Crippen LogP contribution is -2.24. The van der Waals surface area contributed by atoms with Gasteiger partial charge >= 0.3 is 0 Å². The van der Waals surface area contributed by atoms with Crippen LogP contribution >= 0.6 is 0 Å². The molecule has 0 aliphatic carbocycles. The van der Waals surface area contributed by atoms with Gasteiger partial charge in [-0.05, 0) is 102 Å². The summed E-state index contributed by atoms with van der Waals surface area (Å²) in [6.07, 6.45) is 2.19. The Labute approximate surface area is 237 Å². The molecule has 1 N–H and O–H groups in total. The zero-order valence-electron chi connectivity index (χ0n) is 25.9. The maximum atomic E-state index is 3.81. The number of aryl methyl sites for hydroxylation is 3. The Morgan fingerprint density at radius 3 is 1.38 bits per heavy atom. The van der Waals surface area contributed by atoms with E-state index in [1.165, 1.54) is 38.9 Å². The molecule has 0 bridgehead atoms. The van der Waals surface area contributed by atoms with E-state index in [1.807, 2.05) is 0 Å². The maximum absolute atomic E-state index is 3.81. The molecule has 1 aliphatic heterocycles. The van der Waals surface area contributed by atoms with Crippen molar-refractivity contribution in [1.29, 1.82) is 0 Å². The third-order valence-corrected chi connectivity index (χ3v) is 7.76. The molecular weight excluding hydrogens is 474 g/mol. The zero-order valence-corrected chi connectivity index (χ0v) is 25.9. The van der Waals surface area contributed by atoms with E-state index in [-0.39, 0.29) is 0 Å². The Morgan fingerprint density at radius 2 is 0.974 bits per heavy atom. The lowest BCUT2D eigenvalue weighted by Gasteiger charge is -2.26. The second kappa shape index (κ2) is 11.5. The van der Waals surface area contributed by atoms with Gasteiger partial charge in [-0.25, -0.2) is 0 Å². The standard InChI is InChI=1S/C36H47N3/c1-22(2)29-14-30(23(3)4)17-33(16-29)38-20-35(37-36-27(10)12-26(9)13-28(36)11)39(21-38)34-18-31(24(5)6)15-32(19-34)25(7)8/h12-20,22-25,37H,1-11H3. The minimum Gasteiger partial charge on any atom is -0.340 e. The molecule has 0 unspecified atom stereocenters. The average molecular weight is 522 g/mol. The number of anilines is 3. The summed E-state index contributed by atoms with van der Waals surface area (Å²) >= 11 is 0. The SMILES string of the molecule is Cc1cc(C)c(NC2=CN(c3cc(C(C)C)cc(C(C)C)c3)[C]N2c2cc(C(C)C)cc(C(C)C)c2)c(C)c1. The van der Waals surface area contributed by atoms with Gasteiger partial charge in [0.05, 0.1) is 0 Å². The molecule has 0 fully saturated rings. The van der Waals surface area contributed by atoms with Crippen LogP contribution in [0.3, 0.4) is 0 Å². The fourth-order valence-electron chi connectivity index (χ4n) is 5.21. The van der Waals surface area contributed by atoms with Gasteiger partial charge in [-0.2, -0.15) is 0 Å². The molecule has 0 atom stereocenters. The molecule has 1 aliphatic rings. The lowest BCUT2D eigenvalue weighted by molar-refractivity contribution is 0.831. The number of benzene rings is 3. The molecule has 0 spiro atoms. The van der Waals surface area contributed by atoms with Gasteiger partial charge in [-0.15, -0.1) is 0 Å². The largest absolute Gasteiger partial charge is 0.340 e. The molecule has 3 aromatic carbocycles. The van der Waals surface area contributed by atoms with Crippen molar-refractivity contribution in [3.8, 4) is 0 Å². The Balaban J connectivity index is 1.85. The maximum Gasteiger partial charge on any atom is 0.219 e. The molecule has 1 heterocycles. The molecule has 3 nitrogen and oxygen atoms in total. The molecule has 206 valence electrons. The third kappa shape index (κ3) is 6.35. The molecule has 0 saturated heterocycles. The fourth-order valence-corrected chi connectivity index (χ4v) is 5.21. The van der Waals surface area contributed by atoms with Gasteiger partial charge in [0.15, 0.2) is 0 Å². The monoisotopic (exact) mass is 521 g/mol. The van der Waals surface area contributed by atoms with E-state index in [2.05, 4.69) is 153 Å². The summed E-state index contributed by atoms with van der Waals surface area (Å²) in [7, 11) is 0. The first-order valence-corrected chi connectivity index (χ1v) is 14.6. The van der Waals surface area contributed by atoms with Crippen LogP contribution in [0, 0.1) is 27.4 Å². The molecule has 0 amide bonds. The van der Waals surface area contributed by atoms with Crippen molar-refractivity contribution in [2.45, 2.75) is 99.8 Å². The fraction of sp³-hybridized carbons (Fsp3) is 0.417. The van der Waals surface area contributed by atoms with Gasteiger partial charge in [0, 0.05) is 23.3 Å². The van der Waals surface area contributed by atoms with Crippen LogP contribution in [-0.2, 0) is 0 Å². The minimum absolute atomic E-state index is 0.444.